The van der Waals surface area contributed by atoms with E-state index < -0.39 is 0 Å². The molecule has 0 radical (unpaired) electrons. The summed E-state index contributed by atoms with van der Waals surface area (Å²) in [5.74, 6) is 1.46. The Labute approximate surface area is 159 Å². The maximum absolute atomic E-state index is 4.44. The van der Waals surface area contributed by atoms with Crippen LogP contribution < -0.4 is 0 Å². The van der Waals surface area contributed by atoms with Gasteiger partial charge in [-0.15, -0.1) is 0 Å². The third-order valence-corrected chi connectivity index (χ3v) is 5.85. The first-order valence-electron chi connectivity index (χ1n) is 7.98. The fourth-order valence-corrected chi connectivity index (χ4v) is 3.96. The molecule has 2 heterocycles. The van der Waals surface area contributed by atoms with Crippen LogP contribution in [0.25, 0.3) is 22.8 Å². The van der Waals surface area contributed by atoms with Crippen molar-refractivity contribution in [3.8, 4) is 22.8 Å². The first-order valence-corrected chi connectivity index (χ1v) is 10.1. The molecule has 6 heteroatoms. The summed E-state index contributed by atoms with van der Waals surface area (Å²) in [6, 6.07) is 19.9. The lowest BCUT2D eigenvalue weighted by Crippen LogP contribution is -1.88. The lowest BCUT2D eigenvalue weighted by molar-refractivity contribution is 1.11. The van der Waals surface area contributed by atoms with Crippen LogP contribution in [-0.2, 0) is 0 Å². The van der Waals surface area contributed by atoms with Gasteiger partial charge in [0.25, 0.3) is 0 Å². The minimum atomic E-state index is 0.732. The van der Waals surface area contributed by atoms with Crippen LogP contribution in [0.3, 0.4) is 0 Å². The standard InChI is InChI=1S/C20H14N4S2/c1-3-7-15(8-4-1)19-21-11-17(12-22-19)25-26-18-13-23-20(24-14-18)16-9-5-2-6-10-16/h1-14H. The second kappa shape index (κ2) is 8.12. The van der Waals surface area contributed by atoms with E-state index in [0.717, 1.165) is 32.6 Å². The minimum absolute atomic E-state index is 0.732. The molecule has 0 saturated carbocycles. The molecule has 0 bridgehead atoms. The molecule has 0 aliphatic carbocycles. The van der Waals surface area contributed by atoms with Crippen molar-refractivity contribution in [3.05, 3.63) is 85.5 Å². The van der Waals surface area contributed by atoms with Gasteiger partial charge in [0.1, 0.15) is 0 Å². The van der Waals surface area contributed by atoms with Crippen molar-refractivity contribution < 1.29 is 0 Å². The topological polar surface area (TPSA) is 51.6 Å². The molecule has 0 fully saturated rings. The normalized spacial score (nSPS) is 10.6. The van der Waals surface area contributed by atoms with E-state index in [1.54, 1.807) is 21.6 Å². The van der Waals surface area contributed by atoms with Gasteiger partial charge in [-0.25, -0.2) is 19.9 Å². The third-order valence-electron chi connectivity index (χ3n) is 3.55. The van der Waals surface area contributed by atoms with Crippen LogP contribution in [0.5, 0.6) is 0 Å². The summed E-state index contributed by atoms with van der Waals surface area (Å²) < 4.78 is 0. The summed E-state index contributed by atoms with van der Waals surface area (Å²) in [7, 11) is 3.18. The summed E-state index contributed by atoms with van der Waals surface area (Å²) in [4.78, 5) is 19.7. The molecule has 4 aromatic rings. The lowest BCUT2D eigenvalue weighted by Gasteiger charge is -2.03. The molecule has 0 atom stereocenters. The molecular formula is C20H14N4S2. The Hall–Kier alpha value is -2.70. The van der Waals surface area contributed by atoms with Crippen LogP contribution in [0, 0.1) is 0 Å². The van der Waals surface area contributed by atoms with Gasteiger partial charge in [-0.2, -0.15) is 0 Å². The quantitative estimate of drug-likeness (QED) is 0.436. The second-order valence-electron chi connectivity index (χ2n) is 5.38. The zero-order chi connectivity index (χ0) is 17.6. The smallest absolute Gasteiger partial charge is 0.159 e. The van der Waals surface area contributed by atoms with Gasteiger partial charge in [-0.1, -0.05) is 60.7 Å². The highest BCUT2D eigenvalue weighted by molar-refractivity contribution is 8.76. The first kappa shape index (κ1) is 16.8. The lowest BCUT2D eigenvalue weighted by atomic mass is 10.2. The van der Waals surface area contributed by atoms with Gasteiger partial charge >= 0.3 is 0 Å². The van der Waals surface area contributed by atoms with Crippen molar-refractivity contribution in [1.82, 2.24) is 19.9 Å². The van der Waals surface area contributed by atoms with E-state index in [1.165, 1.54) is 0 Å². The molecule has 0 spiro atoms. The van der Waals surface area contributed by atoms with Gasteiger partial charge in [0, 0.05) is 35.9 Å². The number of hydrogen-bond donors (Lipinski definition) is 0. The highest BCUT2D eigenvalue weighted by Gasteiger charge is 2.04. The van der Waals surface area contributed by atoms with E-state index >= 15 is 0 Å². The molecule has 0 aliphatic rings. The van der Waals surface area contributed by atoms with Crippen molar-refractivity contribution >= 4 is 21.6 Å². The zero-order valence-electron chi connectivity index (χ0n) is 13.7. The maximum atomic E-state index is 4.44. The predicted octanol–water partition coefficient (Wildman–Crippen LogP) is 5.40. The third kappa shape index (κ3) is 4.09. The monoisotopic (exact) mass is 374 g/mol. The van der Waals surface area contributed by atoms with Crippen molar-refractivity contribution in [2.24, 2.45) is 0 Å². The van der Waals surface area contributed by atoms with Gasteiger partial charge in [-0.3, -0.25) is 0 Å². The van der Waals surface area contributed by atoms with E-state index in [-0.39, 0.29) is 0 Å². The average Bonchev–Trinajstić information content (AvgIpc) is 2.74. The molecule has 0 unspecified atom stereocenters. The molecule has 0 aliphatic heterocycles. The number of aromatic nitrogens is 4. The van der Waals surface area contributed by atoms with Crippen LogP contribution in [-0.4, -0.2) is 19.9 Å². The Morgan fingerprint density at radius 3 is 1.15 bits per heavy atom. The summed E-state index contributed by atoms with van der Waals surface area (Å²) in [6.45, 7) is 0. The Balaban J connectivity index is 1.40. The molecule has 4 nitrogen and oxygen atoms in total. The van der Waals surface area contributed by atoms with Crippen LogP contribution in [0.4, 0.5) is 0 Å². The van der Waals surface area contributed by atoms with Crippen LogP contribution in [0.15, 0.2) is 95.2 Å². The van der Waals surface area contributed by atoms with E-state index in [9.17, 15) is 0 Å². The van der Waals surface area contributed by atoms with Crippen molar-refractivity contribution in [2.75, 3.05) is 0 Å². The highest BCUT2D eigenvalue weighted by Crippen LogP contribution is 2.36. The van der Waals surface area contributed by atoms with Gasteiger partial charge < -0.3 is 0 Å². The van der Waals surface area contributed by atoms with Crippen LogP contribution in [0.1, 0.15) is 0 Å². The zero-order valence-corrected chi connectivity index (χ0v) is 15.3. The van der Waals surface area contributed by atoms with Crippen molar-refractivity contribution in [1.29, 1.82) is 0 Å². The van der Waals surface area contributed by atoms with Gasteiger partial charge in [0.2, 0.25) is 0 Å². The summed E-state index contributed by atoms with van der Waals surface area (Å²) in [5, 5.41) is 0. The fraction of sp³-hybridized carbons (Fsp3) is 0. The first-order chi connectivity index (χ1) is 12.9. The molecule has 4 rings (SSSR count). The van der Waals surface area contributed by atoms with E-state index in [2.05, 4.69) is 19.9 Å². The van der Waals surface area contributed by atoms with Gasteiger partial charge in [0.15, 0.2) is 11.6 Å². The molecule has 2 aromatic heterocycles. The number of hydrogen-bond acceptors (Lipinski definition) is 6. The highest BCUT2D eigenvalue weighted by atomic mass is 33.1. The SMILES string of the molecule is c1ccc(-c2ncc(SSc3cnc(-c4ccccc4)nc3)cn2)cc1. The van der Waals surface area contributed by atoms with Crippen LogP contribution in [0.2, 0.25) is 0 Å². The summed E-state index contributed by atoms with van der Waals surface area (Å²) in [6.07, 6.45) is 7.36. The molecule has 0 N–H and O–H groups in total. The van der Waals surface area contributed by atoms with E-state index in [0.29, 0.717) is 0 Å². The fourth-order valence-electron chi connectivity index (χ4n) is 2.29. The molecule has 2 aromatic carbocycles. The van der Waals surface area contributed by atoms with Gasteiger partial charge in [0.05, 0.1) is 9.79 Å². The summed E-state index contributed by atoms with van der Waals surface area (Å²) >= 11 is 0. The van der Waals surface area contributed by atoms with Crippen molar-refractivity contribution in [3.63, 3.8) is 0 Å². The molecule has 0 saturated heterocycles. The molecule has 126 valence electrons. The van der Waals surface area contributed by atoms with E-state index in [4.69, 9.17) is 0 Å². The Kier molecular flexibility index (Phi) is 5.23. The molecule has 0 amide bonds. The Bertz CT molecular complexity index is 877. The summed E-state index contributed by atoms with van der Waals surface area (Å²) in [5.41, 5.74) is 2.03. The number of rotatable bonds is 5. The minimum Gasteiger partial charge on any atom is -0.235 e. The second-order valence-corrected chi connectivity index (χ2v) is 7.66. The molecular weight excluding hydrogens is 360 g/mol. The largest absolute Gasteiger partial charge is 0.235 e. The van der Waals surface area contributed by atoms with Crippen LogP contribution >= 0.6 is 21.6 Å². The van der Waals surface area contributed by atoms with Gasteiger partial charge in [-0.05, 0) is 21.6 Å². The average molecular weight is 374 g/mol. The number of benzene rings is 2. The Morgan fingerprint density at radius 2 is 0.808 bits per heavy atom. The molecule has 26 heavy (non-hydrogen) atoms. The Morgan fingerprint density at radius 1 is 0.462 bits per heavy atom. The van der Waals surface area contributed by atoms with E-state index in [1.807, 2.05) is 85.5 Å². The predicted molar refractivity (Wildman–Crippen MR) is 107 cm³/mol. The number of nitrogens with zero attached hydrogens (tertiary/aromatic N) is 4. The van der Waals surface area contributed by atoms with Crippen molar-refractivity contribution in [2.45, 2.75) is 9.79 Å². The maximum Gasteiger partial charge on any atom is 0.159 e.